The Bertz CT molecular complexity index is 515. The van der Waals surface area contributed by atoms with Gasteiger partial charge in [0.15, 0.2) is 11.5 Å². The Morgan fingerprint density at radius 3 is 2.71 bits per heavy atom. The van der Waals surface area contributed by atoms with E-state index in [4.69, 9.17) is 31.9 Å². The summed E-state index contributed by atoms with van der Waals surface area (Å²) in [4.78, 5) is 10.9. The first-order valence-corrected chi connectivity index (χ1v) is 7.40. The summed E-state index contributed by atoms with van der Waals surface area (Å²) in [6, 6.07) is 2.62. The lowest BCUT2D eigenvalue weighted by Gasteiger charge is -2.22. The van der Waals surface area contributed by atoms with Crippen molar-refractivity contribution in [2.24, 2.45) is 5.73 Å². The molecule has 1 unspecified atom stereocenters. The van der Waals surface area contributed by atoms with Gasteiger partial charge in [0.25, 0.3) is 0 Å². The second-order valence-electron chi connectivity index (χ2n) is 5.26. The van der Waals surface area contributed by atoms with Gasteiger partial charge in [-0.05, 0) is 31.7 Å². The van der Waals surface area contributed by atoms with Crippen LogP contribution in [-0.2, 0) is 4.79 Å². The first-order valence-electron chi connectivity index (χ1n) is 7.02. The van der Waals surface area contributed by atoms with Crippen LogP contribution in [0.5, 0.6) is 11.5 Å². The number of hydrogen-bond donors (Lipinski definition) is 2. The van der Waals surface area contributed by atoms with Gasteiger partial charge in [-0.3, -0.25) is 4.79 Å². The fraction of sp³-hybridized carbons (Fsp3) is 0.533. The van der Waals surface area contributed by atoms with Crippen molar-refractivity contribution in [3.8, 4) is 11.5 Å². The Kier molecular flexibility index (Phi) is 5.31. The highest BCUT2D eigenvalue weighted by Gasteiger charge is 2.24. The van der Waals surface area contributed by atoms with Crippen LogP contribution in [0, 0.1) is 0 Å². The molecule has 1 aromatic carbocycles. The molecule has 0 amide bonds. The molecule has 0 heterocycles. The Morgan fingerprint density at radius 2 is 2.14 bits per heavy atom. The number of ether oxygens (including phenoxy) is 2. The molecule has 0 aliphatic heterocycles. The highest BCUT2D eigenvalue weighted by atomic mass is 35.5. The summed E-state index contributed by atoms with van der Waals surface area (Å²) in [6.07, 6.45) is 4.17. The number of aliphatic carboxylic acids is 1. The normalized spacial score (nSPS) is 16.7. The van der Waals surface area contributed by atoms with E-state index in [0.29, 0.717) is 22.1 Å². The Morgan fingerprint density at radius 1 is 1.48 bits per heavy atom. The zero-order chi connectivity index (χ0) is 15.4. The Hall–Kier alpha value is -1.46. The van der Waals surface area contributed by atoms with Crippen molar-refractivity contribution >= 4 is 17.6 Å². The number of carboxylic acids is 1. The van der Waals surface area contributed by atoms with Crippen molar-refractivity contribution in [1.82, 2.24) is 0 Å². The van der Waals surface area contributed by atoms with E-state index in [1.54, 1.807) is 12.1 Å². The van der Waals surface area contributed by atoms with Crippen LogP contribution in [0.2, 0.25) is 5.02 Å². The Labute approximate surface area is 129 Å². The Balaban J connectivity index is 2.35. The fourth-order valence-corrected chi connectivity index (χ4v) is 2.83. The second-order valence-corrected chi connectivity index (χ2v) is 5.69. The zero-order valence-corrected chi connectivity index (χ0v) is 12.7. The molecule has 0 aromatic heterocycles. The minimum absolute atomic E-state index is 0.121. The van der Waals surface area contributed by atoms with Crippen molar-refractivity contribution in [3.05, 3.63) is 22.7 Å². The number of carbonyl (C=O) groups is 1. The molecule has 0 spiro atoms. The fourth-order valence-electron chi connectivity index (χ4n) is 2.61. The first-order chi connectivity index (χ1) is 10.0. The van der Waals surface area contributed by atoms with Gasteiger partial charge in [-0.15, -0.1) is 0 Å². The number of methoxy groups -OCH3 is 1. The topological polar surface area (TPSA) is 81.8 Å². The van der Waals surface area contributed by atoms with E-state index in [-0.39, 0.29) is 12.5 Å². The van der Waals surface area contributed by atoms with Gasteiger partial charge in [0.1, 0.15) is 0 Å². The molecule has 1 saturated carbocycles. The molecule has 1 aliphatic rings. The predicted octanol–water partition coefficient (Wildman–Crippen LogP) is 3.14. The molecule has 0 saturated heterocycles. The van der Waals surface area contributed by atoms with Crippen LogP contribution in [0.15, 0.2) is 12.1 Å². The van der Waals surface area contributed by atoms with Crippen LogP contribution in [0.4, 0.5) is 0 Å². The number of rotatable bonds is 6. The number of nitrogens with two attached hydrogens (primary N) is 1. The van der Waals surface area contributed by atoms with Crippen LogP contribution in [0.1, 0.15) is 43.7 Å². The predicted molar refractivity (Wildman–Crippen MR) is 80.1 cm³/mol. The van der Waals surface area contributed by atoms with Gasteiger partial charge >= 0.3 is 5.97 Å². The summed E-state index contributed by atoms with van der Waals surface area (Å²) in [5.41, 5.74) is 6.57. The number of benzene rings is 1. The van der Waals surface area contributed by atoms with Gasteiger partial charge < -0.3 is 20.3 Å². The first kappa shape index (κ1) is 15.9. The maximum atomic E-state index is 10.9. The summed E-state index contributed by atoms with van der Waals surface area (Å²) in [5, 5.41) is 9.38. The lowest BCUT2D eigenvalue weighted by Crippen LogP contribution is -2.19. The van der Waals surface area contributed by atoms with Crippen molar-refractivity contribution in [2.75, 3.05) is 7.11 Å². The molecular formula is C15H20ClNO4. The van der Waals surface area contributed by atoms with Crippen molar-refractivity contribution < 1.29 is 19.4 Å². The molecule has 5 nitrogen and oxygen atoms in total. The van der Waals surface area contributed by atoms with Crippen LogP contribution >= 0.6 is 11.6 Å². The van der Waals surface area contributed by atoms with E-state index < -0.39 is 12.0 Å². The largest absolute Gasteiger partial charge is 0.493 e. The van der Waals surface area contributed by atoms with Crippen molar-refractivity contribution in [3.63, 3.8) is 0 Å². The third-order valence-electron chi connectivity index (χ3n) is 3.65. The molecule has 21 heavy (non-hydrogen) atoms. The van der Waals surface area contributed by atoms with E-state index in [2.05, 4.69) is 0 Å². The molecule has 1 atom stereocenters. The van der Waals surface area contributed by atoms with Gasteiger partial charge in [0.2, 0.25) is 0 Å². The van der Waals surface area contributed by atoms with Gasteiger partial charge in [-0.1, -0.05) is 11.6 Å². The summed E-state index contributed by atoms with van der Waals surface area (Å²) in [5.74, 6) is 0.0426. The summed E-state index contributed by atoms with van der Waals surface area (Å²) in [6.45, 7) is 0. The van der Waals surface area contributed by atoms with Crippen LogP contribution in [0.3, 0.4) is 0 Å². The summed E-state index contributed by atoms with van der Waals surface area (Å²) >= 11 is 6.06. The molecule has 1 fully saturated rings. The van der Waals surface area contributed by atoms with Gasteiger partial charge in [0, 0.05) is 22.7 Å². The average Bonchev–Trinajstić information content (AvgIpc) is 2.92. The molecular weight excluding hydrogens is 294 g/mol. The van der Waals surface area contributed by atoms with Gasteiger partial charge in [0.05, 0.1) is 19.6 Å². The van der Waals surface area contributed by atoms with Crippen molar-refractivity contribution in [1.29, 1.82) is 0 Å². The lowest BCUT2D eigenvalue weighted by atomic mass is 10.0. The molecule has 3 N–H and O–H groups in total. The van der Waals surface area contributed by atoms with E-state index in [9.17, 15) is 4.79 Å². The zero-order valence-electron chi connectivity index (χ0n) is 12.0. The molecule has 6 heteroatoms. The molecule has 0 radical (unpaired) electrons. The van der Waals surface area contributed by atoms with Crippen LogP contribution in [0.25, 0.3) is 0 Å². The summed E-state index contributed by atoms with van der Waals surface area (Å²) < 4.78 is 11.3. The standard InChI is InChI=1S/C15H20ClNO4/c1-20-13-7-9(16)6-11(12(17)8-14(18)19)15(13)21-10-4-2-3-5-10/h6-7,10,12H,2-5,8,17H2,1H3,(H,18,19). The van der Waals surface area contributed by atoms with Crippen molar-refractivity contribution in [2.45, 2.75) is 44.2 Å². The second kappa shape index (κ2) is 7.00. The van der Waals surface area contributed by atoms with Crippen LogP contribution < -0.4 is 15.2 Å². The quantitative estimate of drug-likeness (QED) is 0.843. The molecule has 0 bridgehead atoms. The maximum Gasteiger partial charge on any atom is 0.305 e. The monoisotopic (exact) mass is 313 g/mol. The third kappa shape index (κ3) is 4.02. The molecule has 2 rings (SSSR count). The average molecular weight is 314 g/mol. The number of halogens is 1. The molecule has 116 valence electrons. The van der Waals surface area contributed by atoms with E-state index in [0.717, 1.165) is 25.7 Å². The lowest BCUT2D eigenvalue weighted by molar-refractivity contribution is -0.137. The third-order valence-corrected chi connectivity index (χ3v) is 3.87. The SMILES string of the molecule is COc1cc(Cl)cc(C(N)CC(=O)O)c1OC1CCCC1. The van der Waals surface area contributed by atoms with Crippen LogP contribution in [-0.4, -0.2) is 24.3 Å². The number of hydrogen-bond acceptors (Lipinski definition) is 4. The molecule has 1 aromatic rings. The van der Waals surface area contributed by atoms with E-state index in [1.165, 1.54) is 7.11 Å². The maximum absolute atomic E-state index is 10.9. The van der Waals surface area contributed by atoms with Gasteiger partial charge in [-0.25, -0.2) is 0 Å². The minimum atomic E-state index is -0.965. The highest BCUT2D eigenvalue weighted by molar-refractivity contribution is 6.30. The highest BCUT2D eigenvalue weighted by Crippen LogP contribution is 2.40. The number of carboxylic acid groups (broad SMARTS) is 1. The van der Waals surface area contributed by atoms with Gasteiger partial charge in [-0.2, -0.15) is 0 Å². The minimum Gasteiger partial charge on any atom is -0.493 e. The van der Waals surface area contributed by atoms with E-state index >= 15 is 0 Å². The molecule has 1 aliphatic carbocycles. The summed E-state index contributed by atoms with van der Waals surface area (Å²) in [7, 11) is 1.53. The van der Waals surface area contributed by atoms with E-state index in [1.807, 2.05) is 0 Å². The smallest absolute Gasteiger partial charge is 0.305 e.